The summed E-state index contributed by atoms with van der Waals surface area (Å²) in [6.07, 6.45) is 8.01. The number of hydrogen-bond donors (Lipinski definition) is 2. The third-order valence-electron chi connectivity index (χ3n) is 8.95. The molecule has 2 aliphatic rings. The van der Waals surface area contributed by atoms with E-state index < -0.39 is 17.8 Å². The van der Waals surface area contributed by atoms with Crippen molar-refractivity contribution in [3.8, 4) is 0 Å². The molecule has 0 spiro atoms. The van der Waals surface area contributed by atoms with Crippen LogP contribution in [0.2, 0.25) is 0 Å². The monoisotopic (exact) mass is 610 g/mol. The quantitative estimate of drug-likeness (QED) is 0.331. The van der Waals surface area contributed by atoms with Gasteiger partial charge in [-0.1, -0.05) is 45.1 Å². The highest BCUT2D eigenvalue weighted by molar-refractivity contribution is 6.00. The number of aryl methyl sites for hydroxylation is 1. The van der Waals surface area contributed by atoms with Crippen molar-refractivity contribution in [2.75, 3.05) is 38.5 Å². The Morgan fingerprint density at radius 2 is 1.75 bits per heavy atom. The average Bonchev–Trinajstić information content (AvgIpc) is 3.51. The molecule has 1 aromatic heterocycles. The molecule has 1 aliphatic heterocycles. The molecule has 0 radical (unpaired) electrons. The minimum Gasteiger partial charge on any atom is -0.344 e. The number of nitrogens with zero attached hydrogens (tertiary/aromatic N) is 4. The van der Waals surface area contributed by atoms with Crippen molar-refractivity contribution in [3.63, 3.8) is 0 Å². The predicted octanol–water partition coefficient (Wildman–Crippen LogP) is 4.05. The van der Waals surface area contributed by atoms with Crippen molar-refractivity contribution in [1.29, 1.82) is 0 Å². The lowest BCUT2D eigenvalue weighted by molar-refractivity contribution is -0.137. The van der Waals surface area contributed by atoms with Crippen LogP contribution in [-0.4, -0.2) is 82.4 Å². The van der Waals surface area contributed by atoms with E-state index in [1.165, 1.54) is 18.6 Å². The first-order valence-electron chi connectivity index (χ1n) is 16.1. The maximum absolute atomic E-state index is 15.4. The highest BCUT2D eigenvalue weighted by atomic mass is 19.1. The Kier molecular flexibility index (Phi) is 12.1. The fourth-order valence-corrected chi connectivity index (χ4v) is 6.26. The summed E-state index contributed by atoms with van der Waals surface area (Å²) in [5.41, 5.74) is 1.03. The molecule has 44 heavy (non-hydrogen) atoms. The second kappa shape index (κ2) is 15.9. The summed E-state index contributed by atoms with van der Waals surface area (Å²) >= 11 is 0. The van der Waals surface area contributed by atoms with Gasteiger partial charge in [-0.15, -0.1) is 0 Å². The highest BCUT2D eigenvalue weighted by Gasteiger charge is 2.30. The van der Waals surface area contributed by atoms with Crippen molar-refractivity contribution in [1.82, 2.24) is 24.9 Å². The molecule has 1 saturated heterocycles. The molecule has 2 heterocycles. The number of amides is 3. The molecule has 2 fully saturated rings. The van der Waals surface area contributed by atoms with Gasteiger partial charge in [-0.05, 0) is 50.1 Å². The van der Waals surface area contributed by atoms with Crippen LogP contribution in [0, 0.1) is 17.7 Å². The number of anilines is 1. The summed E-state index contributed by atoms with van der Waals surface area (Å²) in [6, 6.07) is 5.33. The van der Waals surface area contributed by atoms with Gasteiger partial charge < -0.3 is 20.4 Å². The summed E-state index contributed by atoms with van der Waals surface area (Å²) in [5, 5.41) is 9.74. The van der Waals surface area contributed by atoms with Gasteiger partial charge in [-0.25, -0.2) is 4.39 Å². The first-order valence-corrected chi connectivity index (χ1v) is 16.1. The maximum Gasteiger partial charge on any atom is 0.245 e. The number of nitrogens with one attached hydrogen (secondary N) is 2. The molecule has 0 bridgehead atoms. The van der Waals surface area contributed by atoms with E-state index in [1.807, 2.05) is 14.0 Å². The number of aromatic nitrogens is 2. The van der Waals surface area contributed by atoms with E-state index in [0.717, 1.165) is 38.8 Å². The lowest BCUT2D eigenvalue weighted by Gasteiger charge is -2.34. The van der Waals surface area contributed by atoms with Gasteiger partial charge >= 0.3 is 0 Å². The summed E-state index contributed by atoms with van der Waals surface area (Å²) in [5.74, 6) is -1.84. The third kappa shape index (κ3) is 8.97. The highest BCUT2D eigenvalue weighted by Crippen LogP contribution is 2.31. The standard InChI is InChI=1S/C33H47FN6O4/c1-4-31(42)36-28(33(44)39-17-15-38(3)16-18-39)21-24-11-12-27(26(34)20-24)37-32(43)25(19-23-9-7-6-8-10-23)22-30(41)29-13-14-35-40(29)5-2/h11-14,20,23,25,28H,4-10,15-19,21-22H2,1-3H3,(H,36,42)(H,37,43)/t25-,28-/m1/s1. The fourth-order valence-electron chi connectivity index (χ4n) is 6.26. The van der Waals surface area contributed by atoms with Gasteiger partial charge in [0.2, 0.25) is 17.7 Å². The Labute approximate surface area is 259 Å². The first-order chi connectivity index (χ1) is 21.2. The molecular weight excluding hydrogens is 563 g/mol. The Morgan fingerprint density at radius 1 is 1.02 bits per heavy atom. The molecule has 2 atom stereocenters. The number of piperazine rings is 1. The van der Waals surface area contributed by atoms with Gasteiger partial charge in [0.05, 0.1) is 5.69 Å². The van der Waals surface area contributed by atoms with Crippen LogP contribution >= 0.6 is 0 Å². The summed E-state index contributed by atoms with van der Waals surface area (Å²) in [6.45, 7) is 6.81. The van der Waals surface area contributed by atoms with Gasteiger partial charge in [0, 0.05) is 64.1 Å². The molecule has 2 aromatic rings. The third-order valence-corrected chi connectivity index (χ3v) is 8.95. The van der Waals surface area contributed by atoms with Gasteiger partial charge in [0.25, 0.3) is 0 Å². The Balaban J connectivity index is 1.46. The number of likely N-dealkylation sites (N-methyl/N-ethyl adjacent to an activating group) is 1. The lowest BCUT2D eigenvalue weighted by Crippen LogP contribution is -2.54. The van der Waals surface area contributed by atoms with E-state index in [1.54, 1.807) is 34.8 Å². The van der Waals surface area contributed by atoms with Crippen LogP contribution in [0.25, 0.3) is 0 Å². The van der Waals surface area contributed by atoms with Crippen LogP contribution in [0.15, 0.2) is 30.5 Å². The Morgan fingerprint density at radius 3 is 2.41 bits per heavy atom. The maximum atomic E-state index is 15.4. The topological polar surface area (TPSA) is 117 Å². The Hall–Kier alpha value is -3.60. The molecule has 1 saturated carbocycles. The first kappa shape index (κ1) is 33.3. The molecule has 2 N–H and O–H groups in total. The van der Waals surface area contributed by atoms with E-state index >= 15 is 4.39 Å². The van der Waals surface area contributed by atoms with Crippen molar-refractivity contribution in [3.05, 3.63) is 47.5 Å². The van der Waals surface area contributed by atoms with Crippen LogP contribution in [-0.2, 0) is 27.3 Å². The number of Topliss-reactive ketones (excluding diaryl/α,β-unsaturated/α-hetero) is 1. The molecular formula is C33H47FN6O4. The number of carbonyl (C=O) groups excluding carboxylic acids is 4. The van der Waals surface area contributed by atoms with Gasteiger partial charge in [0.1, 0.15) is 17.6 Å². The molecule has 1 aliphatic carbocycles. The van der Waals surface area contributed by atoms with Crippen molar-refractivity contribution in [2.45, 2.75) is 84.2 Å². The second-order valence-electron chi connectivity index (χ2n) is 12.2. The zero-order valence-corrected chi connectivity index (χ0v) is 26.3. The van der Waals surface area contributed by atoms with Crippen LogP contribution in [0.4, 0.5) is 10.1 Å². The smallest absolute Gasteiger partial charge is 0.245 e. The summed E-state index contributed by atoms with van der Waals surface area (Å²) < 4.78 is 17.0. The van der Waals surface area contributed by atoms with Crippen LogP contribution in [0.5, 0.6) is 0 Å². The predicted molar refractivity (Wildman–Crippen MR) is 167 cm³/mol. The minimum atomic E-state index is -0.812. The lowest BCUT2D eigenvalue weighted by atomic mass is 9.81. The molecule has 1 aromatic carbocycles. The zero-order valence-electron chi connectivity index (χ0n) is 26.3. The number of rotatable bonds is 13. The van der Waals surface area contributed by atoms with Crippen molar-refractivity contribution >= 4 is 29.2 Å². The van der Waals surface area contributed by atoms with E-state index in [4.69, 9.17) is 0 Å². The van der Waals surface area contributed by atoms with Crippen molar-refractivity contribution < 1.29 is 23.6 Å². The molecule has 3 amide bonds. The summed E-state index contributed by atoms with van der Waals surface area (Å²) in [4.78, 5) is 56.2. The minimum absolute atomic E-state index is 0.0259. The van der Waals surface area contributed by atoms with E-state index in [0.29, 0.717) is 43.2 Å². The average molecular weight is 611 g/mol. The largest absolute Gasteiger partial charge is 0.344 e. The van der Waals surface area contributed by atoms with E-state index in [9.17, 15) is 19.2 Å². The summed E-state index contributed by atoms with van der Waals surface area (Å²) in [7, 11) is 2.00. The number of ketones is 1. The zero-order chi connectivity index (χ0) is 31.6. The number of hydrogen-bond acceptors (Lipinski definition) is 6. The van der Waals surface area contributed by atoms with E-state index in [2.05, 4.69) is 20.6 Å². The van der Waals surface area contributed by atoms with Crippen molar-refractivity contribution in [2.24, 2.45) is 11.8 Å². The van der Waals surface area contributed by atoms with Gasteiger partial charge in [0.15, 0.2) is 5.78 Å². The SMILES string of the molecule is CCC(=O)N[C@H](Cc1ccc(NC(=O)[C@@H](CC(=O)c2ccnn2CC)CC2CCCCC2)c(F)c1)C(=O)N1CCN(C)CC1. The van der Waals surface area contributed by atoms with Crippen LogP contribution in [0.3, 0.4) is 0 Å². The molecule has 240 valence electrons. The second-order valence-corrected chi connectivity index (χ2v) is 12.2. The number of halogens is 1. The van der Waals surface area contributed by atoms with Crippen LogP contribution in [0.1, 0.15) is 81.3 Å². The molecule has 4 rings (SSSR count). The molecule has 11 heteroatoms. The van der Waals surface area contributed by atoms with E-state index in [-0.39, 0.29) is 48.5 Å². The van der Waals surface area contributed by atoms with Gasteiger partial charge in [-0.2, -0.15) is 5.10 Å². The normalized spacial score (nSPS) is 17.6. The fraction of sp³-hybridized carbons (Fsp3) is 0.606. The van der Waals surface area contributed by atoms with Gasteiger partial charge in [-0.3, -0.25) is 23.9 Å². The molecule has 0 unspecified atom stereocenters. The Bertz CT molecular complexity index is 1300. The number of carbonyl (C=O) groups is 4. The van der Waals surface area contributed by atoms with Crippen LogP contribution < -0.4 is 10.6 Å². The molecule has 10 nitrogen and oxygen atoms in total. The number of benzene rings is 1.